The Morgan fingerprint density at radius 1 is 1.00 bits per heavy atom. The van der Waals surface area contributed by atoms with E-state index in [4.69, 9.17) is 0 Å². The predicted octanol–water partition coefficient (Wildman–Crippen LogP) is 4.48. The first kappa shape index (κ1) is 13.3. The third-order valence-corrected chi connectivity index (χ3v) is 4.12. The molecule has 1 N–H and O–H groups in total. The molecule has 2 rings (SSSR count). The maximum atomic E-state index is 3.37. The van der Waals surface area contributed by atoms with Crippen LogP contribution in [0, 0.1) is 0 Å². The highest BCUT2D eigenvalue weighted by atomic mass is 32.1. The van der Waals surface area contributed by atoms with Gasteiger partial charge in [0.25, 0.3) is 0 Å². The van der Waals surface area contributed by atoms with Crippen LogP contribution in [0.15, 0.2) is 36.4 Å². The number of benzene rings is 1. The Labute approximate surface area is 114 Å². The standard InChI is InChI=1S/C16H21NS/c1-3-5-13-6-8-14(9-7-13)16-11-10-15(18-16)12-17-4-2/h6-11,17H,3-5,12H2,1-2H3. The molecule has 0 bridgehead atoms. The van der Waals surface area contributed by atoms with E-state index in [0.717, 1.165) is 13.1 Å². The lowest BCUT2D eigenvalue weighted by Gasteiger charge is -2.01. The molecule has 0 aliphatic carbocycles. The molecule has 0 fully saturated rings. The van der Waals surface area contributed by atoms with Gasteiger partial charge in [0.1, 0.15) is 0 Å². The molecule has 0 atom stereocenters. The molecule has 0 saturated heterocycles. The summed E-state index contributed by atoms with van der Waals surface area (Å²) in [6, 6.07) is 13.4. The number of nitrogens with one attached hydrogen (secondary N) is 1. The first-order valence-electron chi connectivity index (χ1n) is 6.72. The molecule has 0 spiro atoms. The van der Waals surface area contributed by atoms with Crippen LogP contribution in [0.5, 0.6) is 0 Å². The molecular weight excluding hydrogens is 238 g/mol. The minimum Gasteiger partial charge on any atom is -0.312 e. The lowest BCUT2D eigenvalue weighted by atomic mass is 10.1. The van der Waals surface area contributed by atoms with Gasteiger partial charge in [-0.05, 0) is 36.2 Å². The summed E-state index contributed by atoms with van der Waals surface area (Å²) in [4.78, 5) is 2.77. The minimum absolute atomic E-state index is 0.981. The van der Waals surface area contributed by atoms with Crippen LogP contribution >= 0.6 is 11.3 Å². The van der Waals surface area contributed by atoms with Gasteiger partial charge in [0, 0.05) is 16.3 Å². The van der Waals surface area contributed by atoms with Crippen LogP contribution in [-0.2, 0) is 13.0 Å². The fraction of sp³-hybridized carbons (Fsp3) is 0.375. The molecule has 1 heterocycles. The Bertz CT molecular complexity index is 470. The van der Waals surface area contributed by atoms with Crippen LogP contribution in [0.25, 0.3) is 10.4 Å². The highest BCUT2D eigenvalue weighted by molar-refractivity contribution is 7.15. The summed E-state index contributed by atoms with van der Waals surface area (Å²) in [7, 11) is 0. The Morgan fingerprint density at radius 2 is 1.78 bits per heavy atom. The topological polar surface area (TPSA) is 12.0 Å². The summed E-state index contributed by atoms with van der Waals surface area (Å²) >= 11 is 1.88. The van der Waals surface area contributed by atoms with E-state index in [2.05, 4.69) is 55.6 Å². The third kappa shape index (κ3) is 3.44. The van der Waals surface area contributed by atoms with Crippen LogP contribution in [0.1, 0.15) is 30.7 Å². The van der Waals surface area contributed by atoms with E-state index in [0.29, 0.717) is 0 Å². The van der Waals surface area contributed by atoms with E-state index in [9.17, 15) is 0 Å². The van der Waals surface area contributed by atoms with E-state index in [1.165, 1.54) is 33.7 Å². The van der Waals surface area contributed by atoms with Gasteiger partial charge in [0.15, 0.2) is 0 Å². The molecule has 2 heteroatoms. The molecule has 2 aromatic rings. The molecule has 1 aromatic heterocycles. The Balaban J connectivity index is 2.08. The number of hydrogen-bond acceptors (Lipinski definition) is 2. The van der Waals surface area contributed by atoms with Crippen molar-refractivity contribution in [1.82, 2.24) is 5.32 Å². The van der Waals surface area contributed by atoms with Gasteiger partial charge in [0.2, 0.25) is 0 Å². The Hall–Kier alpha value is -1.12. The van der Waals surface area contributed by atoms with Gasteiger partial charge in [-0.1, -0.05) is 44.5 Å². The lowest BCUT2D eigenvalue weighted by molar-refractivity contribution is 0.735. The first-order chi connectivity index (χ1) is 8.83. The van der Waals surface area contributed by atoms with Crippen LogP contribution in [0.4, 0.5) is 0 Å². The lowest BCUT2D eigenvalue weighted by Crippen LogP contribution is -2.10. The van der Waals surface area contributed by atoms with Crippen molar-refractivity contribution in [3.8, 4) is 10.4 Å². The maximum Gasteiger partial charge on any atom is 0.0346 e. The van der Waals surface area contributed by atoms with Crippen LogP contribution in [0.2, 0.25) is 0 Å². The first-order valence-corrected chi connectivity index (χ1v) is 7.54. The molecule has 0 saturated carbocycles. The predicted molar refractivity (Wildman–Crippen MR) is 81.1 cm³/mol. The molecule has 0 aliphatic rings. The summed E-state index contributed by atoms with van der Waals surface area (Å²) < 4.78 is 0. The quantitative estimate of drug-likeness (QED) is 0.806. The molecule has 1 nitrogen and oxygen atoms in total. The van der Waals surface area contributed by atoms with Crippen molar-refractivity contribution in [3.05, 3.63) is 46.8 Å². The van der Waals surface area contributed by atoms with Crippen molar-refractivity contribution in [1.29, 1.82) is 0 Å². The number of hydrogen-bond donors (Lipinski definition) is 1. The van der Waals surface area contributed by atoms with Crippen LogP contribution in [0.3, 0.4) is 0 Å². The maximum absolute atomic E-state index is 3.37. The average Bonchev–Trinajstić information content (AvgIpc) is 2.86. The number of rotatable bonds is 6. The summed E-state index contributed by atoms with van der Waals surface area (Å²) in [5, 5.41) is 3.37. The minimum atomic E-state index is 0.981. The smallest absolute Gasteiger partial charge is 0.0346 e. The normalized spacial score (nSPS) is 10.8. The molecule has 1 aromatic carbocycles. The van der Waals surface area contributed by atoms with Gasteiger partial charge in [-0.25, -0.2) is 0 Å². The third-order valence-electron chi connectivity index (χ3n) is 2.99. The van der Waals surface area contributed by atoms with Gasteiger partial charge in [0.05, 0.1) is 0 Å². The summed E-state index contributed by atoms with van der Waals surface area (Å²) in [6.45, 7) is 6.37. The van der Waals surface area contributed by atoms with E-state index in [1.807, 2.05) is 11.3 Å². The van der Waals surface area contributed by atoms with Crippen LogP contribution < -0.4 is 5.32 Å². The van der Waals surface area contributed by atoms with Gasteiger partial charge in [-0.3, -0.25) is 0 Å². The van der Waals surface area contributed by atoms with Crippen molar-refractivity contribution in [2.75, 3.05) is 6.54 Å². The Kier molecular flexibility index (Phi) is 4.97. The largest absolute Gasteiger partial charge is 0.312 e. The fourth-order valence-electron chi connectivity index (χ4n) is 2.00. The molecule has 0 amide bonds. The summed E-state index contributed by atoms with van der Waals surface area (Å²) in [5.41, 5.74) is 2.77. The highest BCUT2D eigenvalue weighted by Crippen LogP contribution is 2.28. The second kappa shape index (κ2) is 6.72. The SMILES string of the molecule is CCCc1ccc(-c2ccc(CNCC)s2)cc1. The van der Waals surface area contributed by atoms with E-state index >= 15 is 0 Å². The van der Waals surface area contributed by atoms with Gasteiger partial charge < -0.3 is 5.32 Å². The summed E-state index contributed by atoms with van der Waals surface area (Å²) in [5.74, 6) is 0. The molecule has 96 valence electrons. The molecule has 0 radical (unpaired) electrons. The molecule has 0 aliphatic heterocycles. The van der Waals surface area contributed by atoms with E-state index in [-0.39, 0.29) is 0 Å². The molecule has 18 heavy (non-hydrogen) atoms. The zero-order valence-corrected chi connectivity index (χ0v) is 12.0. The number of aryl methyl sites for hydroxylation is 1. The Morgan fingerprint density at radius 3 is 2.44 bits per heavy atom. The number of thiophene rings is 1. The summed E-state index contributed by atoms with van der Waals surface area (Å²) in [6.07, 6.45) is 2.39. The van der Waals surface area contributed by atoms with Crippen molar-refractivity contribution in [2.45, 2.75) is 33.2 Å². The second-order valence-electron chi connectivity index (χ2n) is 4.49. The zero-order valence-electron chi connectivity index (χ0n) is 11.2. The van der Waals surface area contributed by atoms with E-state index in [1.54, 1.807) is 0 Å². The van der Waals surface area contributed by atoms with Crippen molar-refractivity contribution < 1.29 is 0 Å². The monoisotopic (exact) mass is 259 g/mol. The van der Waals surface area contributed by atoms with Gasteiger partial charge in [-0.2, -0.15) is 0 Å². The highest BCUT2D eigenvalue weighted by Gasteiger charge is 2.02. The van der Waals surface area contributed by atoms with E-state index < -0.39 is 0 Å². The molecular formula is C16H21NS. The van der Waals surface area contributed by atoms with Crippen molar-refractivity contribution >= 4 is 11.3 Å². The van der Waals surface area contributed by atoms with Crippen LogP contribution in [-0.4, -0.2) is 6.54 Å². The fourth-order valence-corrected chi connectivity index (χ4v) is 2.98. The van der Waals surface area contributed by atoms with Gasteiger partial charge >= 0.3 is 0 Å². The second-order valence-corrected chi connectivity index (χ2v) is 5.66. The zero-order chi connectivity index (χ0) is 12.8. The van der Waals surface area contributed by atoms with Gasteiger partial charge in [-0.15, -0.1) is 11.3 Å². The van der Waals surface area contributed by atoms with Crippen molar-refractivity contribution in [2.24, 2.45) is 0 Å². The average molecular weight is 259 g/mol. The molecule has 0 unspecified atom stereocenters. The van der Waals surface area contributed by atoms with Crippen molar-refractivity contribution in [3.63, 3.8) is 0 Å².